The summed E-state index contributed by atoms with van der Waals surface area (Å²) in [5.74, 6) is 0. The molecule has 4 aliphatic carbocycles. The Labute approximate surface area is 768 Å². The normalized spacial score (nSPS) is 16.8. The lowest BCUT2D eigenvalue weighted by atomic mass is 9.52. The molecule has 132 heavy (non-hydrogen) atoms. The highest BCUT2D eigenvalue weighted by Crippen LogP contribution is 2.68. The van der Waals surface area contributed by atoms with Gasteiger partial charge in [-0.05, 0) is 243 Å². The average molecular weight is 1680 g/mol. The number of nitrogens with zero attached hydrogens (tertiary/aromatic N) is 4. The third-order valence-corrected chi connectivity index (χ3v) is 29.2. The van der Waals surface area contributed by atoms with Crippen LogP contribution in [0.15, 0.2) is 522 Å². The highest BCUT2D eigenvalue weighted by atomic mass is 15.2. The minimum atomic E-state index is -0.622. The van der Waals surface area contributed by atoms with Crippen LogP contribution in [-0.4, -0.2) is 9.13 Å². The van der Waals surface area contributed by atoms with E-state index in [4.69, 9.17) is 0 Å². The highest BCUT2D eigenvalue weighted by molar-refractivity contribution is 6.13. The molecule has 0 spiro atoms. The quantitative estimate of drug-likeness (QED) is 0.108. The molecule has 4 nitrogen and oxygen atoms in total. The van der Waals surface area contributed by atoms with Crippen LogP contribution in [0, 0.1) is 0 Å². The second-order valence-electron chi connectivity index (χ2n) is 35.5. The molecule has 0 bridgehead atoms. The van der Waals surface area contributed by atoms with E-state index in [0.29, 0.717) is 0 Å². The molecular formula is C128H86N4. The van der Waals surface area contributed by atoms with Gasteiger partial charge in [0.25, 0.3) is 0 Å². The van der Waals surface area contributed by atoms with Gasteiger partial charge in [0.15, 0.2) is 0 Å². The van der Waals surface area contributed by atoms with E-state index in [1.54, 1.807) is 0 Å². The van der Waals surface area contributed by atoms with E-state index in [0.717, 1.165) is 45.5 Å². The topological polar surface area (TPSA) is 16.3 Å². The van der Waals surface area contributed by atoms with Crippen LogP contribution in [0.25, 0.3) is 88.0 Å². The van der Waals surface area contributed by atoms with Crippen LogP contribution in [0.5, 0.6) is 0 Å². The van der Waals surface area contributed by atoms with Gasteiger partial charge >= 0.3 is 0 Å². The number of hydrogen-bond acceptors (Lipinski definition) is 2. The third-order valence-electron chi connectivity index (χ3n) is 29.2. The molecule has 0 amide bonds. The van der Waals surface area contributed by atoms with E-state index in [1.807, 2.05) is 0 Å². The zero-order valence-electron chi connectivity index (χ0n) is 72.4. The van der Waals surface area contributed by atoms with E-state index in [1.165, 1.54) is 166 Å². The van der Waals surface area contributed by atoms with Gasteiger partial charge in [-0.15, -0.1) is 0 Å². The fraction of sp³-hybridized carbons (Fsp3) is 0.0312. The standard InChI is InChI=1S/C66H44N2.C62H42N2/c1-4-21-47(22-5-1)65(59-31-15-16-32-60(59)66(48-23-6-2-7-24-48)58-30-14-12-27-54(58)56-29-18-33-61(65)64(56)66)49-36-39-51(40-37-49)67(50-25-8-3-9-26-50)53-41-42-63-57(44-53)55-28-13-17-34-62(55)68(63)52-38-35-45-19-10-11-20-46(45)43-52;1-5-20-43(21-6-1)61(55-32-16-17-33-56(55)62(44-22-7-2-8-23-44)54-31-15-13-28-50(54)52-30-19-34-57(61)60(52)62)45-36-38-48(39-37-45)63(46-24-9-3-10-25-46)49-40-41-59-53(42-49)51-29-14-18-35-58(51)64(59)47-26-11-4-12-27-47/h1-44H;1-42H. The number of benzene rings is 21. The van der Waals surface area contributed by atoms with Gasteiger partial charge < -0.3 is 18.9 Å². The number of para-hydroxylation sites is 5. The number of aromatic nitrogens is 2. The van der Waals surface area contributed by atoms with E-state index in [9.17, 15) is 0 Å². The van der Waals surface area contributed by atoms with Crippen molar-refractivity contribution in [2.24, 2.45) is 0 Å². The number of fused-ring (bicyclic) bond motifs is 17. The molecule has 0 saturated heterocycles. The molecule has 4 unspecified atom stereocenters. The molecular weight excluding hydrogens is 1590 g/mol. The van der Waals surface area contributed by atoms with Crippen molar-refractivity contribution in [2.75, 3.05) is 9.80 Å². The molecule has 2 heterocycles. The number of hydrogen-bond donors (Lipinski definition) is 0. The molecule has 23 aromatic rings. The maximum absolute atomic E-state index is 2.42. The van der Waals surface area contributed by atoms with Gasteiger partial charge in [0.2, 0.25) is 0 Å². The summed E-state index contributed by atoms with van der Waals surface area (Å²) in [7, 11) is 0. The summed E-state index contributed by atoms with van der Waals surface area (Å²) in [5, 5.41) is 7.37. The van der Waals surface area contributed by atoms with Crippen LogP contribution in [0.2, 0.25) is 0 Å². The van der Waals surface area contributed by atoms with Crippen LogP contribution in [0.4, 0.5) is 34.1 Å². The van der Waals surface area contributed by atoms with Crippen molar-refractivity contribution in [1.82, 2.24) is 9.13 Å². The SMILES string of the molecule is c1ccc(N(c2ccc(C3(c4ccccc4)c4ccccc4C4(c5ccccc5)c5ccccc5-c5cccc3c54)cc2)c2ccc3c(c2)c2ccccc2n3-c2ccc3ccccc3c2)cc1.c1ccc(N(c2ccc(C3(c4ccccc4)c4ccccc4C4(c5ccccc5)c5ccccc5-c5cccc3c54)cc2)c2ccc3c(c2)c2ccccc2n3-c2ccccc2)cc1. The van der Waals surface area contributed by atoms with Gasteiger partial charge in [0.1, 0.15) is 0 Å². The Kier molecular flexibility index (Phi) is 17.6. The Morgan fingerprint density at radius 2 is 0.439 bits per heavy atom. The largest absolute Gasteiger partial charge is 0.310 e. The Morgan fingerprint density at radius 3 is 0.864 bits per heavy atom. The van der Waals surface area contributed by atoms with Crippen LogP contribution in [0.1, 0.15) is 89.0 Å². The van der Waals surface area contributed by atoms with Gasteiger partial charge in [-0.1, -0.05) is 400 Å². The van der Waals surface area contributed by atoms with Gasteiger partial charge in [-0.2, -0.15) is 0 Å². The van der Waals surface area contributed by atoms with E-state index >= 15 is 0 Å². The molecule has 2 aromatic heterocycles. The molecule has 0 N–H and O–H groups in total. The molecule has 4 atom stereocenters. The van der Waals surface area contributed by atoms with Crippen LogP contribution >= 0.6 is 0 Å². The Bertz CT molecular complexity index is 8440. The van der Waals surface area contributed by atoms with Crippen molar-refractivity contribution in [3.63, 3.8) is 0 Å². The van der Waals surface area contributed by atoms with Gasteiger partial charge in [0.05, 0.1) is 43.7 Å². The first-order chi connectivity index (χ1) is 65.5. The van der Waals surface area contributed by atoms with Crippen LogP contribution in [-0.2, 0) is 21.7 Å². The van der Waals surface area contributed by atoms with Gasteiger partial charge in [0, 0.05) is 67.0 Å². The Balaban J connectivity index is 0.000000139. The Morgan fingerprint density at radius 1 is 0.152 bits per heavy atom. The monoisotopic (exact) mass is 1680 g/mol. The summed E-state index contributed by atoms with van der Waals surface area (Å²) in [6.45, 7) is 0. The number of anilines is 6. The third kappa shape index (κ3) is 11.0. The van der Waals surface area contributed by atoms with Crippen LogP contribution < -0.4 is 9.80 Å². The maximum Gasteiger partial charge on any atom is 0.0720 e. The zero-order chi connectivity index (χ0) is 87.1. The van der Waals surface area contributed by atoms with E-state index in [-0.39, 0.29) is 0 Å². The van der Waals surface area contributed by atoms with Crippen molar-refractivity contribution < 1.29 is 0 Å². The fourth-order valence-corrected chi connectivity index (χ4v) is 24.1. The average Bonchev–Trinajstić information content (AvgIpc) is 1.45. The number of rotatable bonds is 14. The molecule has 4 aliphatic rings. The summed E-state index contributed by atoms with van der Waals surface area (Å²) in [6.07, 6.45) is 0. The lowest BCUT2D eigenvalue weighted by Crippen LogP contribution is -2.44. The van der Waals surface area contributed by atoms with Crippen LogP contribution in [0.3, 0.4) is 0 Å². The van der Waals surface area contributed by atoms with Crippen molar-refractivity contribution >= 4 is 88.5 Å². The Hall–Kier alpha value is -16.9. The van der Waals surface area contributed by atoms with Gasteiger partial charge in [-0.3, -0.25) is 0 Å². The van der Waals surface area contributed by atoms with Gasteiger partial charge in [-0.25, -0.2) is 0 Å². The first kappa shape index (κ1) is 76.3. The van der Waals surface area contributed by atoms with Crippen molar-refractivity contribution in [3.05, 3.63) is 611 Å². The molecule has 0 radical (unpaired) electrons. The predicted molar refractivity (Wildman–Crippen MR) is 547 cm³/mol. The molecule has 27 rings (SSSR count). The minimum absolute atomic E-state index is 0.481. The summed E-state index contributed by atoms with van der Waals surface area (Å²) in [5.41, 5.74) is 37.6. The first-order valence-electron chi connectivity index (χ1n) is 45.9. The molecule has 0 fully saturated rings. The molecule has 21 aromatic carbocycles. The summed E-state index contributed by atoms with van der Waals surface area (Å²) in [6, 6.07) is 194. The maximum atomic E-state index is 2.42. The highest BCUT2D eigenvalue weighted by Gasteiger charge is 2.60. The first-order valence-corrected chi connectivity index (χ1v) is 45.9. The minimum Gasteiger partial charge on any atom is -0.310 e. The van der Waals surface area contributed by atoms with E-state index < -0.39 is 21.7 Å². The molecule has 0 aliphatic heterocycles. The van der Waals surface area contributed by atoms with E-state index in [2.05, 4.69) is 541 Å². The molecule has 0 saturated carbocycles. The molecule has 4 heteroatoms. The second kappa shape index (κ2) is 30.4. The lowest BCUT2D eigenvalue weighted by Gasteiger charge is -2.49. The van der Waals surface area contributed by atoms with Crippen molar-refractivity contribution in [1.29, 1.82) is 0 Å². The zero-order valence-corrected chi connectivity index (χ0v) is 72.4. The molecule has 618 valence electrons. The van der Waals surface area contributed by atoms with Crippen molar-refractivity contribution in [2.45, 2.75) is 21.7 Å². The predicted octanol–water partition coefficient (Wildman–Crippen LogP) is 31.8. The summed E-state index contributed by atoms with van der Waals surface area (Å²) < 4.78 is 4.80. The smallest absolute Gasteiger partial charge is 0.0720 e. The lowest BCUT2D eigenvalue weighted by molar-refractivity contribution is 0.626. The summed E-state index contributed by atoms with van der Waals surface area (Å²) in [4.78, 5) is 4.81. The summed E-state index contributed by atoms with van der Waals surface area (Å²) >= 11 is 0. The fourth-order valence-electron chi connectivity index (χ4n) is 24.1. The second-order valence-corrected chi connectivity index (χ2v) is 35.5. The van der Waals surface area contributed by atoms with Crippen molar-refractivity contribution in [3.8, 4) is 33.6 Å².